The molecule has 0 aliphatic carbocycles. The maximum atomic E-state index is 11.6. The zero-order valence-corrected chi connectivity index (χ0v) is 14.4. The number of hydrogen-bond acceptors (Lipinski definition) is 7. The van der Waals surface area contributed by atoms with Crippen LogP contribution in [0.5, 0.6) is 0 Å². The van der Waals surface area contributed by atoms with Crippen LogP contribution < -0.4 is 10.2 Å². The molecule has 0 saturated heterocycles. The molecule has 1 aliphatic rings. The van der Waals surface area contributed by atoms with Gasteiger partial charge in [-0.2, -0.15) is 9.61 Å². The molecule has 26 heavy (non-hydrogen) atoms. The predicted octanol–water partition coefficient (Wildman–Crippen LogP) is 0.0348. The molecule has 1 unspecified atom stereocenters. The first kappa shape index (κ1) is 16.5. The Labute approximate surface area is 149 Å². The minimum absolute atomic E-state index is 0.0761. The highest BCUT2D eigenvalue weighted by molar-refractivity contribution is 5.77. The molecule has 0 aromatic carbocycles. The fourth-order valence-electron chi connectivity index (χ4n) is 3.22. The van der Waals surface area contributed by atoms with Crippen molar-refractivity contribution in [2.24, 2.45) is 0 Å². The molecule has 1 amide bonds. The third-order valence-electron chi connectivity index (χ3n) is 4.43. The Balaban J connectivity index is 1.49. The zero-order valence-electron chi connectivity index (χ0n) is 14.4. The van der Waals surface area contributed by atoms with Gasteiger partial charge in [-0.15, -0.1) is 15.3 Å². The van der Waals surface area contributed by atoms with E-state index < -0.39 is 0 Å². The first-order valence-corrected chi connectivity index (χ1v) is 8.44. The SMILES string of the molecule is COCC(=O)NCCC1CN(c2ccc3nncn3n2)Cc2ccnn21. The second-order valence-corrected chi connectivity index (χ2v) is 6.20. The molecule has 0 bridgehead atoms. The van der Waals surface area contributed by atoms with Gasteiger partial charge in [0, 0.05) is 26.4 Å². The molecule has 3 aromatic rings. The monoisotopic (exact) mass is 356 g/mol. The fourth-order valence-corrected chi connectivity index (χ4v) is 3.22. The van der Waals surface area contributed by atoms with Crippen molar-refractivity contribution in [2.75, 3.05) is 31.7 Å². The van der Waals surface area contributed by atoms with Crippen molar-refractivity contribution in [3.8, 4) is 0 Å². The van der Waals surface area contributed by atoms with Crippen molar-refractivity contribution in [3.05, 3.63) is 36.4 Å². The Morgan fingerprint density at radius 2 is 2.31 bits per heavy atom. The summed E-state index contributed by atoms with van der Waals surface area (Å²) >= 11 is 0. The number of hydrogen-bond donors (Lipinski definition) is 1. The summed E-state index contributed by atoms with van der Waals surface area (Å²) in [4.78, 5) is 13.8. The molecule has 4 heterocycles. The lowest BCUT2D eigenvalue weighted by atomic mass is 10.1. The van der Waals surface area contributed by atoms with Gasteiger partial charge >= 0.3 is 0 Å². The van der Waals surface area contributed by atoms with Crippen LogP contribution in [0.25, 0.3) is 5.65 Å². The van der Waals surface area contributed by atoms with E-state index in [4.69, 9.17) is 4.74 Å². The number of nitrogens with zero attached hydrogens (tertiary/aromatic N) is 7. The second kappa shape index (κ2) is 7.08. The third-order valence-corrected chi connectivity index (χ3v) is 4.43. The number of ether oxygens (including phenoxy) is 1. The molecule has 0 saturated carbocycles. The highest BCUT2D eigenvalue weighted by Crippen LogP contribution is 2.26. The second-order valence-electron chi connectivity index (χ2n) is 6.20. The fraction of sp³-hybridized carbons (Fsp3) is 0.438. The van der Waals surface area contributed by atoms with Crippen LogP contribution in [0, 0.1) is 0 Å². The summed E-state index contributed by atoms with van der Waals surface area (Å²) in [5.74, 6) is 0.749. The Morgan fingerprint density at radius 1 is 1.38 bits per heavy atom. The van der Waals surface area contributed by atoms with Crippen molar-refractivity contribution in [2.45, 2.75) is 19.0 Å². The van der Waals surface area contributed by atoms with E-state index in [1.54, 1.807) is 10.8 Å². The number of carbonyl (C=O) groups excluding carboxylic acids is 1. The van der Waals surface area contributed by atoms with E-state index in [1.807, 2.05) is 29.1 Å². The van der Waals surface area contributed by atoms with Gasteiger partial charge in [0.25, 0.3) is 0 Å². The molecule has 4 rings (SSSR count). The maximum Gasteiger partial charge on any atom is 0.245 e. The number of anilines is 1. The molecule has 10 heteroatoms. The molecular weight excluding hydrogens is 336 g/mol. The van der Waals surface area contributed by atoms with E-state index in [2.05, 4.69) is 30.6 Å². The van der Waals surface area contributed by atoms with Crippen LogP contribution in [0.3, 0.4) is 0 Å². The van der Waals surface area contributed by atoms with Crippen LogP contribution in [0.15, 0.2) is 30.7 Å². The molecule has 0 spiro atoms. The van der Waals surface area contributed by atoms with Crippen molar-refractivity contribution in [1.29, 1.82) is 0 Å². The molecule has 0 fully saturated rings. The minimum atomic E-state index is -0.111. The van der Waals surface area contributed by atoms with Gasteiger partial charge in [-0.05, 0) is 24.6 Å². The van der Waals surface area contributed by atoms with Gasteiger partial charge in [0.2, 0.25) is 5.91 Å². The number of aromatic nitrogens is 6. The normalized spacial score (nSPS) is 16.7. The van der Waals surface area contributed by atoms with Crippen molar-refractivity contribution >= 4 is 17.4 Å². The van der Waals surface area contributed by atoms with Crippen LogP contribution in [-0.4, -0.2) is 62.3 Å². The van der Waals surface area contributed by atoms with Gasteiger partial charge in [-0.25, -0.2) is 0 Å². The number of rotatable bonds is 6. The highest BCUT2D eigenvalue weighted by Gasteiger charge is 2.26. The molecule has 136 valence electrons. The molecule has 1 aliphatic heterocycles. The van der Waals surface area contributed by atoms with Crippen LogP contribution >= 0.6 is 0 Å². The number of nitrogens with one attached hydrogen (secondary N) is 1. The lowest BCUT2D eigenvalue weighted by Crippen LogP contribution is -2.40. The van der Waals surface area contributed by atoms with E-state index in [9.17, 15) is 4.79 Å². The van der Waals surface area contributed by atoms with Crippen molar-refractivity contribution in [1.82, 2.24) is 34.9 Å². The quantitative estimate of drug-likeness (QED) is 0.665. The summed E-state index contributed by atoms with van der Waals surface area (Å²) in [6.45, 7) is 2.13. The Hall–Kier alpha value is -3.01. The Morgan fingerprint density at radius 3 is 3.19 bits per heavy atom. The molecule has 1 N–H and O–H groups in total. The first-order chi connectivity index (χ1) is 12.7. The molecule has 10 nitrogen and oxygen atoms in total. The zero-order chi connectivity index (χ0) is 17.9. The summed E-state index contributed by atoms with van der Waals surface area (Å²) in [5, 5.41) is 19.8. The Bertz CT molecular complexity index is 904. The van der Waals surface area contributed by atoms with Gasteiger partial charge in [-0.1, -0.05) is 0 Å². The topological polar surface area (TPSA) is 102 Å². The smallest absolute Gasteiger partial charge is 0.245 e. The van der Waals surface area contributed by atoms with Crippen LogP contribution in [0.2, 0.25) is 0 Å². The largest absolute Gasteiger partial charge is 0.375 e. The Kier molecular flexibility index (Phi) is 4.48. The molecule has 0 radical (unpaired) electrons. The van der Waals surface area contributed by atoms with E-state index in [0.29, 0.717) is 12.2 Å². The number of fused-ring (bicyclic) bond motifs is 2. The van der Waals surface area contributed by atoms with E-state index in [-0.39, 0.29) is 18.6 Å². The third kappa shape index (κ3) is 3.23. The average Bonchev–Trinajstić information content (AvgIpc) is 3.30. The number of amides is 1. The maximum absolute atomic E-state index is 11.6. The van der Waals surface area contributed by atoms with Gasteiger partial charge in [0.05, 0.1) is 18.3 Å². The van der Waals surface area contributed by atoms with E-state index in [1.165, 1.54) is 7.11 Å². The standard InChI is InChI=1S/C16H20N8O2/c1-26-10-16(25)17-6-4-12-8-22(9-13-5-7-19-24(12)13)15-3-2-14-20-18-11-23(14)21-15/h2-3,5,7,11-12H,4,6,8-10H2,1H3,(H,17,25). The molecular formula is C16H20N8O2. The number of carbonyl (C=O) groups is 1. The van der Waals surface area contributed by atoms with Gasteiger partial charge in [0.15, 0.2) is 5.65 Å². The van der Waals surface area contributed by atoms with Crippen molar-refractivity contribution in [3.63, 3.8) is 0 Å². The molecule has 3 aromatic heterocycles. The summed E-state index contributed by atoms with van der Waals surface area (Å²) in [6, 6.07) is 6.02. The highest BCUT2D eigenvalue weighted by atomic mass is 16.5. The minimum Gasteiger partial charge on any atom is -0.375 e. The summed E-state index contributed by atoms with van der Waals surface area (Å²) in [6.07, 6.45) is 4.18. The summed E-state index contributed by atoms with van der Waals surface area (Å²) < 4.78 is 8.54. The van der Waals surface area contributed by atoms with Gasteiger partial charge < -0.3 is 15.0 Å². The van der Waals surface area contributed by atoms with E-state index in [0.717, 1.165) is 31.0 Å². The predicted molar refractivity (Wildman–Crippen MR) is 92.6 cm³/mol. The average molecular weight is 356 g/mol. The lowest BCUT2D eigenvalue weighted by Gasteiger charge is -2.34. The van der Waals surface area contributed by atoms with Crippen molar-refractivity contribution < 1.29 is 9.53 Å². The first-order valence-electron chi connectivity index (χ1n) is 8.44. The van der Waals surface area contributed by atoms with Gasteiger partial charge in [-0.3, -0.25) is 9.48 Å². The molecule has 1 atom stereocenters. The van der Waals surface area contributed by atoms with Crippen LogP contribution in [-0.2, 0) is 16.1 Å². The summed E-state index contributed by atoms with van der Waals surface area (Å²) in [7, 11) is 1.51. The van der Waals surface area contributed by atoms with E-state index >= 15 is 0 Å². The van der Waals surface area contributed by atoms with Crippen LogP contribution in [0.4, 0.5) is 5.82 Å². The summed E-state index contributed by atoms with van der Waals surface area (Å²) in [5.41, 5.74) is 1.84. The van der Waals surface area contributed by atoms with Gasteiger partial charge in [0.1, 0.15) is 18.8 Å². The number of methoxy groups -OCH3 is 1. The lowest BCUT2D eigenvalue weighted by molar-refractivity contribution is -0.124. The van der Waals surface area contributed by atoms with Crippen LogP contribution in [0.1, 0.15) is 18.2 Å².